The van der Waals surface area contributed by atoms with Crippen LogP contribution in [-0.2, 0) is 4.84 Å². The summed E-state index contributed by atoms with van der Waals surface area (Å²) in [5.74, 6) is -0.465. The molecule has 4 rings (SSSR count). The Balaban J connectivity index is 1.46. The fourth-order valence-electron chi connectivity index (χ4n) is 2.77. The van der Waals surface area contributed by atoms with E-state index >= 15 is 0 Å². The van der Waals surface area contributed by atoms with E-state index in [9.17, 15) is 9.59 Å². The molecule has 1 fully saturated rings. The van der Waals surface area contributed by atoms with Gasteiger partial charge in [-0.3, -0.25) is 4.79 Å². The largest absolute Gasteiger partial charge is 0.457 e. The molecule has 0 amide bonds. The second kappa shape index (κ2) is 8.92. The van der Waals surface area contributed by atoms with E-state index in [-0.39, 0.29) is 17.3 Å². The molecule has 0 bridgehead atoms. The third-order valence-corrected chi connectivity index (χ3v) is 5.51. The predicted molar refractivity (Wildman–Crippen MR) is 110 cm³/mol. The first-order chi connectivity index (χ1) is 14.2. The maximum Gasteiger partial charge on any atom is 0.400 e. The van der Waals surface area contributed by atoms with Gasteiger partial charge in [0.1, 0.15) is 5.71 Å². The summed E-state index contributed by atoms with van der Waals surface area (Å²) in [5, 5.41) is 3.88. The highest BCUT2D eigenvalue weighted by Gasteiger charge is 2.28. The number of oxime groups is 1. The fraction of sp³-hybridized carbons (Fsp3) is 0.174. The highest BCUT2D eigenvalue weighted by Crippen LogP contribution is 2.33. The minimum Gasteiger partial charge on any atom is -0.457 e. The van der Waals surface area contributed by atoms with Gasteiger partial charge in [0.15, 0.2) is 0 Å². The third-order valence-electron chi connectivity index (χ3n) is 4.50. The quantitative estimate of drug-likeness (QED) is 0.210. The molecule has 1 saturated carbocycles. The number of Topliss-reactive ketones (excluding diaryl/α,β-unsaturated/α-hetero) is 1. The van der Waals surface area contributed by atoms with Crippen LogP contribution in [0.15, 0.2) is 92.4 Å². The number of benzene rings is 2. The molecule has 0 aliphatic heterocycles. The summed E-state index contributed by atoms with van der Waals surface area (Å²) in [6, 6.07) is 20.5. The van der Waals surface area contributed by atoms with Gasteiger partial charge in [-0.2, -0.15) is 0 Å². The summed E-state index contributed by atoms with van der Waals surface area (Å²) in [6.07, 6.45) is 4.01. The monoisotopic (exact) mass is 405 g/mol. The zero-order valence-corrected chi connectivity index (χ0v) is 16.4. The Morgan fingerprint density at radius 2 is 1.69 bits per heavy atom. The molecule has 6 heteroatoms. The number of hydrogen-bond acceptors (Lipinski definition) is 6. The Labute approximate surface area is 172 Å². The van der Waals surface area contributed by atoms with Crippen molar-refractivity contribution in [3.05, 3.63) is 84.3 Å². The molecule has 0 atom stereocenters. The highest BCUT2D eigenvalue weighted by atomic mass is 32.2. The molecular weight excluding hydrogens is 386 g/mol. The minimum absolute atomic E-state index is 0.0502. The van der Waals surface area contributed by atoms with Crippen LogP contribution < -0.4 is 0 Å². The maximum atomic E-state index is 12.9. The molecule has 2 aromatic carbocycles. The van der Waals surface area contributed by atoms with E-state index in [0.717, 1.165) is 22.6 Å². The number of ketones is 1. The Morgan fingerprint density at radius 3 is 2.34 bits per heavy atom. The lowest BCUT2D eigenvalue weighted by Gasteiger charge is -2.06. The normalized spacial score (nSPS) is 13.9. The molecule has 0 N–H and O–H groups in total. The van der Waals surface area contributed by atoms with Gasteiger partial charge in [0.25, 0.3) is 0 Å². The van der Waals surface area contributed by atoms with Gasteiger partial charge in [-0.1, -0.05) is 35.1 Å². The number of carbonyl (C=O) groups excluding carboxylic acids is 2. The van der Waals surface area contributed by atoms with E-state index in [2.05, 4.69) is 5.16 Å². The van der Waals surface area contributed by atoms with Crippen molar-refractivity contribution in [2.45, 2.75) is 29.1 Å². The Bertz CT molecular complexity index is 1010. The standard InChI is InChI=1S/C23H19NO4S/c25-22(17-10-12-19(13-11-17)29-18-5-2-1-3-6-18)20(15-16-8-9-16)24-28-23(26)21-7-4-14-27-21/h1-7,10-14,16H,8-9,15H2/b24-20+. The smallest absolute Gasteiger partial charge is 0.400 e. The molecule has 0 radical (unpaired) electrons. The van der Waals surface area contributed by atoms with Gasteiger partial charge >= 0.3 is 5.97 Å². The minimum atomic E-state index is -0.717. The molecule has 29 heavy (non-hydrogen) atoms. The van der Waals surface area contributed by atoms with E-state index in [0.29, 0.717) is 17.9 Å². The maximum absolute atomic E-state index is 12.9. The molecule has 1 aromatic heterocycles. The number of nitrogens with zero attached hydrogens (tertiary/aromatic N) is 1. The van der Waals surface area contributed by atoms with Crippen LogP contribution in [0, 0.1) is 5.92 Å². The molecule has 0 spiro atoms. The molecular formula is C23H19NO4S. The van der Waals surface area contributed by atoms with Crippen molar-refractivity contribution in [2.24, 2.45) is 11.1 Å². The molecule has 1 aliphatic carbocycles. The average Bonchev–Trinajstić information content (AvgIpc) is 3.40. The van der Waals surface area contributed by atoms with Crippen LogP contribution in [0.3, 0.4) is 0 Å². The topological polar surface area (TPSA) is 68.9 Å². The SMILES string of the molecule is O=C(/C(CC1CC1)=N/OC(=O)c1ccco1)c1ccc(Sc2ccccc2)cc1. The fourth-order valence-corrected chi connectivity index (χ4v) is 3.61. The van der Waals surface area contributed by atoms with E-state index in [1.165, 1.54) is 12.3 Å². The first kappa shape index (κ1) is 19.2. The average molecular weight is 405 g/mol. The van der Waals surface area contributed by atoms with Gasteiger partial charge in [-0.15, -0.1) is 0 Å². The van der Waals surface area contributed by atoms with Gasteiger partial charge in [-0.05, 0) is 73.7 Å². The number of furan rings is 1. The second-order valence-corrected chi connectivity index (χ2v) is 7.96. The van der Waals surface area contributed by atoms with Crippen LogP contribution in [-0.4, -0.2) is 17.5 Å². The Hall–Kier alpha value is -3.12. The Kier molecular flexibility index (Phi) is 5.91. The highest BCUT2D eigenvalue weighted by molar-refractivity contribution is 7.99. The van der Waals surface area contributed by atoms with Crippen LogP contribution >= 0.6 is 11.8 Å². The zero-order chi connectivity index (χ0) is 20.1. The summed E-state index contributed by atoms with van der Waals surface area (Å²) in [5.41, 5.74) is 0.784. The number of rotatable bonds is 8. The number of carbonyl (C=O) groups is 2. The van der Waals surface area contributed by atoms with Crippen molar-refractivity contribution in [3.63, 3.8) is 0 Å². The summed E-state index contributed by atoms with van der Waals surface area (Å²) >= 11 is 1.63. The van der Waals surface area contributed by atoms with Gasteiger partial charge in [0.2, 0.25) is 11.5 Å². The van der Waals surface area contributed by atoms with Crippen LogP contribution in [0.1, 0.15) is 40.2 Å². The lowest BCUT2D eigenvalue weighted by molar-refractivity contribution is 0.0478. The summed E-state index contributed by atoms with van der Waals surface area (Å²) in [6.45, 7) is 0. The summed E-state index contributed by atoms with van der Waals surface area (Å²) in [7, 11) is 0. The molecule has 0 unspecified atom stereocenters. The van der Waals surface area contributed by atoms with Gasteiger partial charge in [0.05, 0.1) is 6.26 Å². The summed E-state index contributed by atoms with van der Waals surface area (Å²) < 4.78 is 5.00. The molecule has 146 valence electrons. The van der Waals surface area contributed by atoms with Crippen molar-refractivity contribution >= 4 is 29.2 Å². The van der Waals surface area contributed by atoms with E-state index in [1.54, 1.807) is 30.0 Å². The molecule has 1 heterocycles. The van der Waals surface area contributed by atoms with Crippen LogP contribution in [0.5, 0.6) is 0 Å². The van der Waals surface area contributed by atoms with Gasteiger partial charge in [-0.25, -0.2) is 4.79 Å². The lowest BCUT2D eigenvalue weighted by atomic mass is 10.0. The van der Waals surface area contributed by atoms with Crippen molar-refractivity contribution < 1.29 is 18.8 Å². The molecule has 0 saturated heterocycles. The summed E-state index contributed by atoms with van der Waals surface area (Å²) in [4.78, 5) is 32.0. The van der Waals surface area contributed by atoms with E-state index in [1.807, 2.05) is 42.5 Å². The molecule has 5 nitrogen and oxygen atoms in total. The first-order valence-electron chi connectivity index (χ1n) is 9.38. The van der Waals surface area contributed by atoms with Gasteiger partial charge < -0.3 is 9.25 Å². The second-order valence-electron chi connectivity index (χ2n) is 6.81. The number of hydrogen-bond donors (Lipinski definition) is 0. The van der Waals surface area contributed by atoms with Gasteiger partial charge in [0, 0.05) is 15.4 Å². The van der Waals surface area contributed by atoms with Crippen molar-refractivity contribution in [3.8, 4) is 0 Å². The van der Waals surface area contributed by atoms with Crippen molar-refractivity contribution in [2.75, 3.05) is 0 Å². The third kappa shape index (κ3) is 5.23. The first-order valence-corrected chi connectivity index (χ1v) is 10.2. The Morgan fingerprint density at radius 1 is 0.966 bits per heavy atom. The lowest BCUT2D eigenvalue weighted by Crippen LogP contribution is -2.17. The van der Waals surface area contributed by atoms with Crippen molar-refractivity contribution in [1.29, 1.82) is 0 Å². The van der Waals surface area contributed by atoms with Crippen LogP contribution in [0.4, 0.5) is 0 Å². The van der Waals surface area contributed by atoms with Crippen LogP contribution in [0.25, 0.3) is 0 Å². The van der Waals surface area contributed by atoms with Crippen molar-refractivity contribution in [1.82, 2.24) is 0 Å². The molecule has 3 aromatic rings. The zero-order valence-electron chi connectivity index (χ0n) is 15.6. The predicted octanol–water partition coefficient (Wildman–Crippen LogP) is 5.63. The van der Waals surface area contributed by atoms with E-state index < -0.39 is 5.97 Å². The molecule has 1 aliphatic rings. The van der Waals surface area contributed by atoms with E-state index in [4.69, 9.17) is 9.25 Å². The van der Waals surface area contributed by atoms with Crippen LogP contribution in [0.2, 0.25) is 0 Å².